The van der Waals surface area contributed by atoms with Gasteiger partial charge in [0.05, 0.1) is 12.1 Å². The van der Waals surface area contributed by atoms with Crippen LogP contribution in [0.5, 0.6) is 5.75 Å². The summed E-state index contributed by atoms with van der Waals surface area (Å²) in [6, 6.07) is 1.92. The van der Waals surface area contributed by atoms with Crippen molar-refractivity contribution in [1.82, 2.24) is 0 Å². The van der Waals surface area contributed by atoms with Gasteiger partial charge in [-0.05, 0) is 24.6 Å². The van der Waals surface area contributed by atoms with E-state index < -0.39 is 30.1 Å². The number of aliphatic hydroxyl groups excluding tert-OH is 1. The highest BCUT2D eigenvalue weighted by atomic mass is 35.5. The molecule has 0 heterocycles. The van der Waals surface area contributed by atoms with Gasteiger partial charge in [0.1, 0.15) is 0 Å². The van der Waals surface area contributed by atoms with E-state index in [-0.39, 0.29) is 18.0 Å². The molecular formula is C10H12ClF4NO2. The first-order valence-electron chi connectivity index (χ1n) is 4.69. The van der Waals surface area contributed by atoms with E-state index in [0.717, 1.165) is 12.1 Å². The molecular weight excluding hydrogens is 278 g/mol. The van der Waals surface area contributed by atoms with E-state index in [0.29, 0.717) is 0 Å². The van der Waals surface area contributed by atoms with Crippen molar-refractivity contribution >= 4 is 12.4 Å². The molecule has 104 valence electrons. The molecule has 2 atom stereocenters. The quantitative estimate of drug-likeness (QED) is 0.841. The number of benzene rings is 1. The second-order valence-corrected chi connectivity index (χ2v) is 3.50. The molecule has 1 aromatic rings. The molecule has 0 aliphatic heterocycles. The summed E-state index contributed by atoms with van der Waals surface area (Å²) in [5, 5.41) is 9.16. The first-order chi connectivity index (χ1) is 7.70. The van der Waals surface area contributed by atoms with Crippen LogP contribution in [0.3, 0.4) is 0 Å². The van der Waals surface area contributed by atoms with Crippen LogP contribution in [0, 0.1) is 5.82 Å². The molecule has 0 saturated carbocycles. The van der Waals surface area contributed by atoms with Crippen LogP contribution in [0.25, 0.3) is 0 Å². The average Bonchev–Trinajstić information content (AvgIpc) is 2.18. The van der Waals surface area contributed by atoms with E-state index in [1.165, 1.54) is 13.0 Å². The summed E-state index contributed by atoms with van der Waals surface area (Å²) < 4.78 is 52.3. The molecule has 0 aromatic heterocycles. The van der Waals surface area contributed by atoms with Crippen molar-refractivity contribution in [3.8, 4) is 5.75 Å². The molecule has 0 saturated heterocycles. The molecule has 0 radical (unpaired) electrons. The Morgan fingerprint density at radius 3 is 2.28 bits per heavy atom. The Morgan fingerprint density at radius 2 is 1.89 bits per heavy atom. The van der Waals surface area contributed by atoms with Gasteiger partial charge in [-0.2, -0.15) is 0 Å². The number of aliphatic hydroxyl groups is 1. The van der Waals surface area contributed by atoms with Crippen molar-refractivity contribution in [3.05, 3.63) is 29.6 Å². The maximum Gasteiger partial charge on any atom is 0.573 e. The van der Waals surface area contributed by atoms with Gasteiger partial charge < -0.3 is 15.6 Å². The van der Waals surface area contributed by atoms with E-state index in [4.69, 9.17) is 10.8 Å². The number of hydrogen-bond donors (Lipinski definition) is 2. The summed E-state index contributed by atoms with van der Waals surface area (Å²) >= 11 is 0. The third kappa shape index (κ3) is 4.67. The summed E-state index contributed by atoms with van der Waals surface area (Å²) in [7, 11) is 0. The zero-order chi connectivity index (χ0) is 13.2. The van der Waals surface area contributed by atoms with Gasteiger partial charge in [0.2, 0.25) is 0 Å². The second kappa shape index (κ2) is 6.21. The molecule has 8 heteroatoms. The highest BCUT2D eigenvalue weighted by molar-refractivity contribution is 5.85. The third-order valence-corrected chi connectivity index (χ3v) is 2.09. The lowest BCUT2D eigenvalue weighted by Crippen LogP contribution is -2.23. The van der Waals surface area contributed by atoms with E-state index in [2.05, 4.69) is 4.74 Å². The van der Waals surface area contributed by atoms with E-state index in [9.17, 15) is 17.6 Å². The number of rotatable bonds is 3. The van der Waals surface area contributed by atoms with Crippen LogP contribution in [0.1, 0.15) is 18.5 Å². The van der Waals surface area contributed by atoms with Gasteiger partial charge in [0.25, 0.3) is 0 Å². The average molecular weight is 290 g/mol. The first kappa shape index (κ1) is 16.9. The van der Waals surface area contributed by atoms with Crippen molar-refractivity contribution < 1.29 is 27.4 Å². The Hall–Kier alpha value is -1.05. The van der Waals surface area contributed by atoms with Crippen LogP contribution in [0.4, 0.5) is 17.6 Å². The molecule has 0 amide bonds. The fourth-order valence-corrected chi connectivity index (χ4v) is 1.21. The normalized spacial score (nSPS) is 14.6. The molecule has 3 nitrogen and oxygen atoms in total. The molecule has 0 fully saturated rings. The van der Waals surface area contributed by atoms with E-state index in [1.54, 1.807) is 0 Å². The smallest absolute Gasteiger partial charge is 0.403 e. The van der Waals surface area contributed by atoms with E-state index >= 15 is 0 Å². The Kier molecular flexibility index (Phi) is 5.85. The van der Waals surface area contributed by atoms with Crippen molar-refractivity contribution in [1.29, 1.82) is 0 Å². The minimum atomic E-state index is -4.95. The van der Waals surface area contributed by atoms with Crippen molar-refractivity contribution in [2.75, 3.05) is 0 Å². The maximum absolute atomic E-state index is 13.2. The molecule has 0 aliphatic carbocycles. The predicted molar refractivity (Wildman–Crippen MR) is 58.9 cm³/mol. The lowest BCUT2D eigenvalue weighted by molar-refractivity contribution is -0.275. The summed E-state index contributed by atoms with van der Waals surface area (Å²) in [6.07, 6.45) is -5.89. The number of halogens is 5. The largest absolute Gasteiger partial charge is 0.573 e. The molecule has 0 bridgehead atoms. The fourth-order valence-electron chi connectivity index (χ4n) is 1.21. The maximum atomic E-state index is 13.2. The zero-order valence-corrected chi connectivity index (χ0v) is 10.1. The molecule has 3 N–H and O–H groups in total. The minimum absolute atomic E-state index is 0. The van der Waals surface area contributed by atoms with Gasteiger partial charge in [0, 0.05) is 0 Å². The minimum Gasteiger partial charge on any atom is -0.403 e. The van der Waals surface area contributed by atoms with Gasteiger partial charge in [-0.3, -0.25) is 0 Å². The number of hydrogen-bond acceptors (Lipinski definition) is 3. The summed E-state index contributed by atoms with van der Waals surface area (Å²) in [6.45, 7) is 1.39. The summed E-state index contributed by atoms with van der Waals surface area (Å²) in [4.78, 5) is 0. The highest BCUT2D eigenvalue weighted by Gasteiger charge is 2.32. The third-order valence-electron chi connectivity index (χ3n) is 2.09. The Labute approximate surface area is 107 Å². The van der Waals surface area contributed by atoms with Gasteiger partial charge >= 0.3 is 6.36 Å². The second-order valence-electron chi connectivity index (χ2n) is 3.50. The van der Waals surface area contributed by atoms with Gasteiger partial charge in [-0.1, -0.05) is 6.07 Å². The molecule has 18 heavy (non-hydrogen) atoms. The SMILES string of the molecule is C[C@H](O)[C@H](N)c1ccc(OC(F)(F)F)c(F)c1.Cl. The standard InChI is InChI=1S/C10H11F4NO2.ClH/c1-5(16)9(15)6-2-3-8(7(11)4-6)17-10(12,13)14;/h2-5,9,16H,15H2,1H3;1H/t5-,9-;/m0./s1. The monoisotopic (exact) mass is 289 g/mol. The molecule has 1 aromatic carbocycles. The highest BCUT2D eigenvalue weighted by Crippen LogP contribution is 2.27. The van der Waals surface area contributed by atoms with Crippen molar-refractivity contribution in [2.24, 2.45) is 5.73 Å². The molecule has 0 unspecified atom stereocenters. The number of alkyl halides is 3. The van der Waals surface area contributed by atoms with E-state index in [1.807, 2.05) is 0 Å². The Bertz CT molecular complexity index is 398. The summed E-state index contributed by atoms with van der Waals surface area (Å²) in [5.41, 5.74) is 5.69. The lowest BCUT2D eigenvalue weighted by Gasteiger charge is -2.16. The predicted octanol–water partition coefficient (Wildman–Crippen LogP) is 2.53. The van der Waals surface area contributed by atoms with Crippen LogP contribution in [0.15, 0.2) is 18.2 Å². The first-order valence-corrected chi connectivity index (χ1v) is 4.69. The number of ether oxygens (including phenoxy) is 1. The van der Waals surface area contributed by atoms with Gasteiger partial charge in [-0.15, -0.1) is 25.6 Å². The molecule has 1 rings (SSSR count). The number of nitrogens with two attached hydrogens (primary N) is 1. The van der Waals surface area contributed by atoms with Crippen LogP contribution < -0.4 is 10.5 Å². The molecule has 0 spiro atoms. The van der Waals surface area contributed by atoms with Crippen LogP contribution in [-0.2, 0) is 0 Å². The Morgan fingerprint density at radius 1 is 1.33 bits per heavy atom. The van der Waals surface area contributed by atoms with Crippen molar-refractivity contribution in [2.45, 2.75) is 25.4 Å². The summed E-state index contributed by atoms with van der Waals surface area (Å²) in [5.74, 6) is -2.12. The topological polar surface area (TPSA) is 55.5 Å². The lowest BCUT2D eigenvalue weighted by atomic mass is 10.0. The van der Waals surface area contributed by atoms with Crippen LogP contribution >= 0.6 is 12.4 Å². The zero-order valence-electron chi connectivity index (χ0n) is 9.24. The van der Waals surface area contributed by atoms with Crippen LogP contribution in [0.2, 0.25) is 0 Å². The Balaban J connectivity index is 0.00000289. The van der Waals surface area contributed by atoms with Gasteiger partial charge in [0.15, 0.2) is 11.6 Å². The van der Waals surface area contributed by atoms with Crippen molar-refractivity contribution in [3.63, 3.8) is 0 Å². The fraction of sp³-hybridized carbons (Fsp3) is 0.400. The van der Waals surface area contributed by atoms with Gasteiger partial charge in [-0.25, -0.2) is 4.39 Å². The van der Waals surface area contributed by atoms with Crippen LogP contribution in [-0.4, -0.2) is 17.6 Å². The molecule has 0 aliphatic rings.